The van der Waals surface area contributed by atoms with Gasteiger partial charge in [0.1, 0.15) is 91.1 Å². The van der Waals surface area contributed by atoms with Crippen LogP contribution in [0.15, 0.2) is 4.99 Å². The number of unbranched alkanes of at least 4 members (excludes halogenated alkanes) is 1. The number of rotatable bonds is 32. The number of carbonyl (C=O) groups excluding carboxylic acids is 9. The minimum Gasteiger partial charge on any atom is -0.480 e. The number of carboxylic acids is 1. The van der Waals surface area contributed by atoms with Gasteiger partial charge in [0.2, 0.25) is 53.2 Å². The second-order valence-corrected chi connectivity index (χ2v) is 20.2. The Labute approximate surface area is 471 Å². The predicted molar refractivity (Wildman–Crippen MR) is 281 cm³/mol. The molecule has 0 aromatic rings. The molecule has 0 saturated carbocycles. The first kappa shape index (κ1) is 69.8. The van der Waals surface area contributed by atoms with E-state index in [1.807, 2.05) is 0 Å². The Morgan fingerprint density at radius 1 is 0.732 bits per heavy atom. The highest BCUT2D eigenvalue weighted by atomic mass is 16.7. The van der Waals surface area contributed by atoms with E-state index in [9.17, 15) is 83.7 Å². The van der Waals surface area contributed by atoms with Gasteiger partial charge in [0.15, 0.2) is 18.5 Å². The largest absolute Gasteiger partial charge is 0.480 e. The van der Waals surface area contributed by atoms with Crippen LogP contribution in [0.4, 0.5) is 0 Å². The Hall–Kier alpha value is -6.47. The molecule has 34 heteroatoms. The van der Waals surface area contributed by atoms with E-state index < -0.39 is 182 Å². The Kier molecular flexibility index (Phi) is 28.6. The number of ether oxygens (including phenoxy) is 4. The zero-order chi connectivity index (χ0) is 61.7. The summed E-state index contributed by atoms with van der Waals surface area (Å²) in [6, 6.07) is -10.9. The van der Waals surface area contributed by atoms with Crippen molar-refractivity contribution in [3.05, 3.63) is 0 Å². The normalized spacial score (nSPS) is 26.9. The summed E-state index contributed by atoms with van der Waals surface area (Å²) in [6.07, 6.45) is -15.6. The van der Waals surface area contributed by atoms with Crippen molar-refractivity contribution in [1.82, 2.24) is 42.1 Å². The van der Waals surface area contributed by atoms with Crippen LogP contribution in [0.25, 0.3) is 0 Å². The van der Waals surface area contributed by atoms with Gasteiger partial charge in [-0.3, -0.25) is 48.1 Å². The monoisotopic (exact) mass is 1180 g/mol. The molecule has 3 saturated heterocycles. The van der Waals surface area contributed by atoms with Crippen LogP contribution in [0.5, 0.6) is 0 Å². The number of guanidine groups is 1. The fourth-order valence-corrected chi connectivity index (χ4v) is 9.14. The van der Waals surface area contributed by atoms with Gasteiger partial charge < -0.3 is 120 Å². The second-order valence-electron chi connectivity index (χ2n) is 20.2. The Bertz CT molecular complexity index is 2230. The van der Waals surface area contributed by atoms with Gasteiger partial charge in [-0.05, 0) is 72.1 Å². The summed E-state index contributed by atoms with van der Waals surface area (Å²) in [7, 11) is 0. The highest BCUT2D eigenvalue weighted by Gasteiger charge is 2.53. The van der Waals surface area contributed by atoms with Gasteiger partial charge in [-0.25, -0.2) is 4.79 Å². The van der Waals surface area contributed by atoms with E-state index in [1.54, 1.807) is 0 Å². The minimum absolute atomic E-state index is 0.0148. The second kappa shape index (κ2) is 33.6. The lowest BCUT2D eigenvalue weighted by Gasteiger charge is -2.48. The number of aliphatic hydroxyl groups is 6. The zero-order valence-electron chi connectivity index (χ0n) is 46.3. The van der Waals surface area contributed by atoms with Gasteiger partial charge in [0, 0.05) is 39.9 Å². The van der Waals surface area contributed by atoms with E-state index in [-0.39, 0.29) is 77.0 Å². The maximum absolute atomic E-state index is 14.0. The molecule has 0 radical (unpaired) electrons. The number of hydrogen-bond acceptors (Lipinski definition) is 22. The van der Waals surface area contributed by atoms with Crippen LogP contribution in [0, 0.1) is 0 Å². The predicted octanol–water partition coefficient (Wildman–Crippen LogP) is -9.35. The van der Waals surface area contributed by atoms with Gasteiger partial charge in [0.05, 0.1) is 19.3 Å². The summed E-state index contributed by atoms with van der Waals surface area (Å²) in [5, 5.41) is 89.3. The molecule has 82 heavy (non-hydrogen) atoms. The van der Waals surface area contributed by atoms with Crippen molar-refractivity contribution in [2.75, 3.05) is 32.8 Å². The number of nitrogens with two attached hydrogens (primary N) is 4. The highest BCUT2D eigenvalue weighted by molar-refractivity contribution is 5.95. The van der Waals surface area contributed by atoms with Gasteiger partial charge in [-0.1, -0.05) is 0 Å². The first-order valence-corrected chi connectivity index (χ1v) is 26.7. The third kappa shape index (κ3) is 21.1. The standard InChI is InChI=1S/C48H83N13O21/c1-20(55-41(72)22(3)79-38-34(57-24(5)66)46(78)80-30(19-63)37(38)82-47-33(56-23(4)65)36(69)35(68)29(18-62)81-47)40(71)58-25(39(50)70)13-14-31(67)53-15-7-6-10-26(59-43(74)32(49)21(2)64)44(75)61-17-9-12-28(61)42(73)60-27(45(76)77)11-8-16-54-48(51)52/h20-22,25-30,32-38,46-47,62-64,68-69,78H,6-19,49H2,1-5H3,(H2,50,70)(H,53,67)(H,55,72)(H,56,65)(H,57,66)(H,58,71)(H,59,74)(H,60,73)(H,76,77)(H4,51,52,54)/t20-,21+,22?,25+,26-,27-,28-,29+,30+,32-,33+,34+,35+,36+,37+,38+,46?,47-/m0/s1. The van der Waals surface area contributed by atoms with Gasteiger partial charge in [-0.2, -0.15) is 0 Å². The van der Waals surface area contributed by atoms with Gasteiger partial charge >= 0.3 is 5.97 Å². The maximum atomic E-state index is 14.0. The molecule has 0 spiro atoms. The third-order valence-corrected chi connectivity index (χ3v) is 13.6. The number of aliphatic imine (C=N–C) groups is 1. The maximum Gasteiger partial charge on any atom is 0.326 e. The average molecular weight is 1180 g/mol. The van der Waals surface area contributed by atoms with Crippen molar-refractivity contribution in [1.29, 1.82) is 0 Å². The first-order chi connectivity index (χ1) is 38.5. The molecule has 0 aromatic carbocycles. The van der Waals surface area contributed by atoms with Crippen LogP contribution in [0.3, 0.4) is 0 Å². The van der Waals surface area contributed by atoms with E-state index in [2.05, 4.69) is 42.2 Å². The third-order valence-electron chi connectivity index (χ3n) is 13.6. The van der Waals surface area contributed by atoms with Crippen molar-refractivity contribution in [3.8, 4) is 0 Å². The number of aliphatic hydroxyl groups excluding tert-OH is 6. The van der Waals surface area contributed by atoms with E-state index >= 15 is 0 Å². The summed E-state index contributed by atoms with van der Waals surface area (Å²) in [5.74, 6) is -8.71. The van der Waals surface area contributed by atoms with Gasteiger partial charge in [0.25, 0.3) is 0 Å². The van der Waals surface area contributed by atoms with Crippen LogP contribution in [0.2, 0.25) is 0 Å². The van der Waals surface area contributed by atoms with Crippen molar-refractivity contribution in [2.24, 2.45) is 27.9 Å². The number of nitrogens with zero attached hydrogens (tertiary/aromatic N) is 2. The fraction of sp³-hybridized carbons (Fsp3) is 0.771. The summed E-state index contributed by atoms with van der Waals surface area (Å²) >= 11 is 0. The van der Waals surface area contributed by atoms with Crippen molar-refractivity contribution in [3.63, 3.8) is 0 Å². The molecule has 22 N–H and O–H groups in total. The first-order valence-electron chi connectivity index (χ1n) is 26.7. The Morgan fingerprint density at radius 3 is 1.94 bits per heavy atom. The molecule has 466 valence electrons. The molecule has 0 bridgehead atoms. The van der Waals surface area contributed by atoms with Crippen LogP contribution in [-0.2, 0) is 66.9 Å². The number of carboxylic acid groups (broad SMARTS) is 1. The SMILES string of the molecule is CC(=O)N[C@H]1[C@H](O[C@H]2[C@H](OC(C)C(=O)N[C@@H](C)C(=O)N[C@H](CCC(=O)NCCCC[C@H](NC(=O)[C@@H](N)[C@@H](C)O)C(=O)N3CCC[C@H]3C(=O)N[C@@H](CCCN=C(N)N)C(=O)O)C(N)=O)[C@@H](NC(C)=O)C(O)O[C@@H]2CO)O[C@H](CO)[C@@H](O)[C@@H]1O. The molecule has 3 heterocycles. The molecule has 3 fully saturated rings. The molecule has 0 aliphatic carbocycles. The topological polar surface area (TPSA) is 553 Å². The Balaban J connectivity index is 1.61. The number of primary amides is 1. The summed E-state index contributed by atoms with van der Waals surface area (Å²) in [6.45, 7) is 4.44. The molecule has 3 aliphatic heterocycles. The zero-order valence-corrected chi connectivity index (χ0v) is 46.3. The van der Waals surface area contributed by atoms with Crippen molar-refractivity contribution < 1.29 is 103 Å². The quantitative estimate of drug-likeness (QED) is 0.0169. The lowest BCUT2D eigenvalue weighted by molar-refractivity contribution is -0.333. The van der Waals surface area contributed by atoms with E-state index in [4.69, 9.17) is 41.9 Å². The lowest BCUT2D eigenvalue weighted by Crippen LogP contribution is -2.70. The van der Waals surface area contributed by atoms with Gasteiger partial charge in [-0.15, -0.1) is 0 Å². The van der Waals surface area contributed by atoms with Crippen LogP contribution in [-0.4, -0.2) is 248 Å². The Morgan fingerprint density at radius 2 is 1.35 bits per heavy atom. The lowest BCUT2D eigenvalue weighted by atomic mass is 9.94. The molecular formula is C48H83N13O21. The summed E-state index contributed by atoms with van der Waals surface area (Å²) < 4.78 is 23.3. The molecule has 18 atom stereocenters. The minimum atomic E-state index is -1.89. The number of aliphatic carboxylic acids is 1. The number of hydrogen-bond donors (Lipinski definition) is 18. The number of likely N-dealkylation sites (tertiary alicyclic amines) is 1. The summed E-state index contributed by atoms with van der Waals surface area (Å²) in [5.41, 5.74) is 22.0. The van der Waals surface area contributed by atoms with Crippen LogP contribution < -0.4 is 60.2 Å². The fourth-order valence-electron chi connectivity index (χ4n) is 9.14. The van der Waals surface area contributed by atoms with E-state index in [0.29, 0.717) is 6.42 Å². The average Bonchev–Trinajstić information content (AvgIpc) is 4.04. The van der Waals surface area contributed by atoms with Crippen molar-refractivity contribution >= 4 is 65.1 Å². The number of amides is 9. The smallest absolute Gasteiger partial charge is 0.326 e. The molecule has 3 rings (SSSR count). The molecule has 0 aromatic heterocycles. The summed E-state index contributed by atoms with van der Waals surface area (Å²) in [4.78, 5) is 134. The number of nitrogens with one attached hydrogen (secondary N) is 7. The number of carbonyl (C=O) groups is 10. The van der Waals surface area contributed by atoms with Crippen molar-refractivity contribution in [2.45, 2.75) is 202 Å². The van der Waals surface area contributed by atoms with E-state index in [0.717, 1.165) is 13.8 Å². The van der Waals surface area contributed by atoms with Crippen LogP contribution >= 0.6 is 0 Å². The molecular weight excluding hydrogens is 1090 g/mol. The molecule has 2 unspecified atom stereocenters. The molecule has 34 nitrogen and oxygen atoms in total. The molecule has 3 aliphatic rings. The highest BCUT2D eigenvalue weighted by Crippen LogP contribution is 2.31. The van der Waals surface area contributed by atoms with E-state index in [1.165, 1.54) is 25.7 Å². The molecule has 9 amide bonds. The van der Waals surface area contributed by atoms with Crippen LogP contribution in [0.1, 0.15) is 92.4 Å².